The van der Waals surface area contributed by atoms with Crippen LogP contribution in [-0.4, -0.2) is 38.8 Å². The number of aromatic nitrogens is 5. The second-order valence-corrected chi connectivity index (χ2v) is 7.25. The van der Waals surface area contributed by atoms with Gasteiger partial charge in [-0.1, -0.05) is 18.2 Å². The van der Waals surface area contributed by atoms with Crippen LogP contribution in [0.1, 0.15) is 5.56 Å². The molecule has 0 fully saturated rings. The van der Waals surface area contributed by atoms with Crippen LogP contribution in [0.4, 0.5) is 11.6 Å². The number of rotatable bonds is 6. The average Bonchev–Trinajstić information content (AvgIpc) is 3.20. The molecule has 0 saturated carbocycles. The molecule has 164 valence electrons. The topological polar surface area (TPSA) is 104 Å². The summed E-state index contributed by atoms with van der Waals surface area (Å²) in [6, 6.07) is 18.4. The fourth-order valence-electron chi connectivity index (χ4n) is 3.58. The minimum absolute atomic E-state index is 0.277. The Bertz CT molecular complexity index is 1520. The van der Waals surface area contributed by atoms with Gasteiger partial charge in [0.25, 0.3) is 5.56 Å². The maximum absolute atomic E-state index is 12.4. The van der Waals surface area contributed by atoms with Crippen molar-refractivity contribution in [3.63, 3.8) is 0 Å². The van der Waals surface area contributed by atoms with Crippen LogP contribution < -0.4 is 15.6 Å². The van der Waals surface area contributed by atoms with E-state index in [1.54, 1.807) is 36.9 Å². The lowest BCUT2D eigenvalue weighted by atomic mass is 10.1. The van der Waals surface area contributed by atoms with E-state index in [0.29, 0.717) is 29.5 Å². The van der Waals surface area contributed by atoms with Crippen molar-refractivity contribution in [3.8, 4) is 17.1 Å². The van der Waals surface area contributed by atoms with E-state index in [1.807, 2.05) is 42.5 Å². The van der Waals surface area contributed by atoms with Crippen molar-refractivity contribution in [2.45, 2.75) is 6.61 Å². The molecule has 0 unspecified atom stereocenters. The Morgan fingerprint density at radius 3 is 2.61 bits per heavy atom. The molecule has 0 aliphatic heterocycles. The Kier molecular flexibility index (Phi) is 5.37. The van der Waals surface area contributed by atoms with Crippen molar-refractivity contribution in [1.82, 2.24) is 24.6 Å². The summed E-state index contributed by atoms with van der Waals surface area (Å²) in [5.41, 5.74) is 2.91. The van der Waals surface area contributed by atoms with Crippen LogP contribution in [0.2, 0.25) is 0 Å². The molecule has 9 nitrogen and oxygen atoms in total. The molecule has 5 rings (SSSR count). The van der Waals surface area contributed by atoms with Gasteiger partial charge < -0.3 is 14.8 Å². The minimum atomic E-state index is -0.407. The maximum Gasteiger partial charge on any atom is 0.293 e. The third-order valence-electron chi connectivity index (χ3n) is 5.16. The van der Waals surface area contributed by atoms with E-state index in [1.165, 1.54) is 6.20 Å². The summed E-state index contributed by atoms with van der Waals surface area (Å²) < 4.78 is 12.2. The van der Waals surface area contributed by atoms with E-state index < -0.39 is 5.56 Å². The van der Waals surface area contributed by atoms with Gasteiger partial charge in [0.05, 0.1) is 19.2 Å². The highest BCUT2D eigenvalue weighted by Gasteiger charge is 2.17. The van der Waals surface area contributed by atoms with Crippen LogP contribution >= 0.6 is 0 Å². The molecule has 0 radical (unpaired) electrons. The summed E-state index contributed by atoms with van der Waals surface area (Å²) in [6.07, 6.45) is 1.45. The van der Waals surface area contributed by atoms with Crippen molar-refractivity contribution in [2.24, 2.45) is 0 Å². The first-order valence-electron chi connectivity index (χ1n) is 10.2. The highest BCUT2D eigenvalue weighted by Crippen LogP contribution is 2.28. The van der Waals surface area contributed by atoms with E-state index in [-0.39, 0.29) is 5.69 Å². The fourth-order valence-corrected chi connectivity index (χ4v) is 3.58. The maximum atomic E-state index is 12.4. The van der Waals surface area contributed by atoms with Crippen LogP contribution in [0.5, 0.6) is 5.75 Å². The summed E-state index contributed by atoms with van der Waals surface area (Å²) >= 11 is 0. The molecule has 0 bridgehead atoms. The molecule has 3 aromatic heterocycles. The van der Waals surface area contributed by atoms with E-state index in [9.17, 15) is 4.79 Å². The zero-order chi connectivity index (χ0) is 22.8. The molecule has 0 aliphatic carbocycles. The predicted octanol–water partition coefficient (Wildman–Crippen LogP) is 3.60. The number of nitrogens with zero attached hydrogens (tertiary/aromatic N) is 5. The smallest absolute Gasteiger partial charge is 0.293 e. The molecule has 3 heterocycles. The van der Waals surface area contributed by atoms with Gasteiger partial charge in [0.1, 0.15) is 11.4 Å². The van der Waals surface area contributed by atoms with Crippen molar-refractivity contribution >= 4 is 28.2 Å². The molecular weight excluding hydrogens is 420 g/mol. The van der Waals surface area contributed by atoms with E-state index in [4.69, 9.17) is 24.5 Å². The van der Waals surface area contributed by atoms with Gasteiger partial charge in [0.15, 0.2) is 11.5 Å². The molecule has 9 heteroatoms. The Labute approximate surface area is 188 Å². The number of methoxy groups -OCH3 is 2. The lowest BCUT2D eigenvalue weighted by Crippen LogP contribution is -2.12. The summed E-state index contributed by atoms with van der Waals surface area (Å²) in [5.74, 6) is 1.61. The first-order valence-corrected chi connectivity index (χ1v) is 10.2. The number of hydrogen-bond donors (Lipinski definition) is 1. The molecule has 5 aromatic rings. The second-order valence-electron chi connectivity index (χ2n) is 7.25. The summed E-state index contributed by atoms with van der Waals surface area (Å²) in [4.78, 5) is 25.9. The second kappa shape index (κ2) is 8.64. The number of nitrogens with one attached hydrogen (secondary N) is 1. The number of ether oxygens (including phenoxy) is 2. The first kappa shape index (κ1) is 20.5. The third-order valence-corrected chi connectivity index (χ3v) is 5.16. The number of fused-ring (bicyclic) bond motifs is 3. The molecular formula is C24H20N6O3. The third kappa shape index (κ3) is 3.85. The number of anilines is 2. The Morgan fingerprint density at radius 2 is 1.82 bits per heavy atom. The SMILES string of the molecule is COCc1cccc2c1nc(Nc1ccccnc1=O)n1nc(-c3ccc(OC)cc3)nc21. The van der Waals surface area contributed by atoms with Crippen molar-refractivity contribution < 1.29 is 9.47 Å². The molecule has 0 aliphatic rings. The number of para-hydroxylation sites is 1. The highest BCUT2D eigenvalue weighted by atomic mass is 16.5. The number of hydrogen-bond acceptors (Lipinski definition) is 8. The summed E-state index contributed by atoms with van der Waals surface area (Å²) in [6.45, 7) is 0.383. The van der Waals surface area contributed by atoms with Gasteiger partial charge in [0, 0.05) is 29.8 Å². The van der Waals surface area contributed by atoms with Crippen molar-refractivity contribution in [1.29, 1.82) is 0 Å². The Balaban J connectivity index is 1.75. The Morgan fingerprint density at radius 1 is 0.970 bits per heavy atom. The van der Waals surface area contributed by atoms with Gasteiger partial charge in [-0.3, -0.25) is 4.79 Å². The largest absolute Gasteiger partial charge is 0.497 e. The number of benzene rings is 2. The molecule has 2 aromatic carbocycles. The van der Waals surface area contributed by atoms with Gasteiger partial charge >= 0.3 is 0 Å². The molecule has 0 atom stereocenters. The van der Waals surface area contributed by atoms with E-state index in [2.05, 4.69) is 10.3 Å². The minimum Gasteiger partial charge on any atom is -0.497 e. The summed E-state index contributed by atoms with van der Waals surface area (Å²) in [7, 11) is 3.25. The van der Waals surface area contributed by atoms with Crippen LogP contribution in [0.15, 0.2) is 71.7 Å². The quantitative estimate of drug-likeness (QED) is 0.427. The van der Waals surface area contributed by atoms with Crippen LogP contribution in [-0.2, 0) is 11.3 Å². The van der Waals surface area contributed by atoms with Crippen molar-refractivity contribution in [3.05, 3.63) is 82.8 Å². The lowest BCUT2D eigenvalue weighted by molar-refractivity contribution is 0.186. The highest BCUT2D eigenvalue weighted by molar-refractivity contribution is 5.95. The fraction of sp³-hybridized carbons (Fsp3) is 0.125. The van der Waals surface area contributed by atoms with E-state index >= 15 is 0 Å². The lowest BCUT2D eigenvalue weighted by Gasteiger charge is -2.10. The monoisotopic (exact) mass is 440 g/mol. The van der Waals surface area contributed by atoms with Gasteiger partial charge in [-0.25, -0.2) is 15.0 Å². The summed E-state index contributed by atoms with van der Waals surface area (Å²) in [5, 5.41) is 8.61. The Hall–Kier alpha value is -4.37. The zero-order valence-corrected chi connectivity index (χ0v) is 18.0. The molecule has 0 spiro atoms. The molecule has 1 N–H and O–H groups in total. The van der Waals surface area contributed by atoms with Crippen LogP contribution in [0.25, 0.3) is 27.9 Å². The first-order chi connectivity index (χ1) is 16.2. The average molecular weight is 440 g/mol. The standard InChI is InChI=1S/C24H20N6O3/c1-32-14-16-6-5-7-18-20(16)27-24(26-19-8-3-4-13-25-23(19)31)30-22(18)28-21(29-30)15-9-11-17(33-2)12-10-15/h3-13H,14H2,1-2H3,(H,25,26,27,31). The van der Waals surface area contributed by atoms with Gasteiger partial charge in [0.2, 0.25) is 5.95 Å². The normalized spacial score (nSPS) is 11.1. The van der Waals surface area contributed by atoms with Gasteiger partial charge in [-0.05, 0) is 42.5 Å². The predicted molar refractivity (Wildman–Crippen MR) is 125 cm³/mol. The van der Waals surface area contributed by atoms with E-state index in [0.717, 1.165) is 22.3 Å². The molecule has 0 amide bonds. The van der Waals surface area contributed by atoms with Crippen LogP contribution in [0.3, 0.4) is 0 Å². The molecule has 33 heavy (non-hydrogen) atoms. The van der Waals surface area contributed by atoms with Gasteiger partial charge in [-0.2, -0.15) is 4.52 Å². The zero-order valence-electron chi connectivity index (χ0n) is 18.0. The van der Waals surface area contributed by atoms with Crippen LogP contribution in [0, 0.1) is 0 Å². The van der Waals surface area contributed by atoms with Gasteiger partial charge in [-0.15, -0.1) is 5.10 Å². The van der Waals surface area contributed by atoms with Crippen molar-refractivity contribution in [2.75, 3.05) is 19.5 Å². The molecule has 0 saturated heterocycles.